The number of carbonyl (C=O) groups is 2. The topological polar surface area (TPSA) is 88.4 Å². The Morgan fingerprint density at radius 2 is 1.66 bits per heavy atom. The van der Waals surface area contributed by atoms with Crippen LogP contribution >= 0.6 is 0 Å². The number of carboxylic acid groups (broad SMARTS) is 1. The molecule has 0 radical (unpaired) electrons. The van der Waals surface area contributed by atoms with E-state index in [4.69, 9.17) is 14.6 Å². The fraction of sp³-hybridized carbons (Fsp3) is 0.320. The van der Waals surface area contributed by atoms with Crippen LogP contribution in [0.15, 0.2) is 59.7 Å². The molecule has 1 amide bonds. The summed E-state index contributed by atoms with van der Waals surface area (Å²) in [6, 6.07) is 11.9. The standard InChI is InChI=1S/C25H26N2O5/c1-3-31-21-14-11-17(15-22(21)32-4-2)23-19-7-5-6-8-20(19)24(28)27(26-23)18-12-9-16(10-13-18)25(29)30/h5-6,9-15,19-20H,3-4,7-8H2,1-2H3,(H,29,30)/t19-,20+/m0/s1. The Bertz CT molecular complexity index is 1070. The minimum atomic E-state index is -1.01. The summed E-state index contributed by atoms with van der Waals surface area (Å²) in [5.74, 6) is -0.0371. The number of rotatable bonds is 7. The van der Waals surface area contributed by atoms with Crippen molar-refractivity contribution in [2.45, 2.75) is 26.7 Å². The largest absolute Gasteiger partial charge is 0.490 e. The Kier molecular flexibility index (Phi) is 6.25. The number of hydrogen-bond donors (Lipinski definition) is 1. The van der Waals surface area contributed by atoms with Crippen LogP contribution < -0.4 is 14.5 Å². The first-order chi connectivity index (χ1) is 15.5. The van der Waals surface area contributed by atoms with Crippen molar-refractivity contribution in [3.05, 3.63) is 65.7 Å². The van der Waals surface area contributed by atoms with Crippen molar-refractivity contribution < 1.29 is 24.2 Å². The van der Waals surface area contributed by atoms with Crippen LogP contribution in [0.4, 0.5) is 5.69 Å². The van der Waals surface area contributed by atoms with E-state index in [-0.39, 0.29) is 23.3 Å². The zero-order valence-electron chi connectivity index (χ0n) is 18.2. The average Bonchev–Trinajstić information content (AvgIpc) is 2.81. The molecule has 2 aromatic carbocycles. The second-order valence-corrected chi connectivity index (χ2v) is 7.67. The fourth-order valence-corrected chi connectivity index (χ4v) is 4.19. The van der Waals surface area contributed by atoms with Gasteiger partial charge in [0.25, 0.3) is 5.91 Å². The van der Waals surface area contributed by atoms with Gasteiger partial charge in [0.2, 0.25) is 0 Å². The van der Waals surface area contributed by atoms with E-state index < -0.39 is 5.97 Å². The van der Waals surface area contributed by atoms with Crippen LogP contribution in [0.25, 0.3) is 0 Å². The Morgan fingerprint density at radius 3 is 2.31 bits per heavy atom. The van der Waals surface area contributed by atoms with E-state index >= 15 is 0 Å². The van der Waals surface area contributed by atoms with Crippen LogP contribution in [0.5, 0.6) is 11.5 Å². The molecule has 7 heteroatoms. The van der Waals surface area contributed by atoms with Crippen molar-refractivity contribution in [1.82, 2.24) is 0 Å². The molecule has 2 aliphatic rings. The van der Waals surface area contributed by atoms with E-state index in [2.05, 4.69) is 6.08 Å². The van der Waals surface area contributed by atoms with Crippen LogP contribution in [0.1, 0.15) is 42.6 Å². The Balaban J connectivity index is 1.78. The first kappa shape index (κ1) is 21.6. The maximum absolute atomic E-state index is 13.3. The molecule has 0 saturated carbocycles. The summed E-state index contributed by atoms with van der Waals surface area (Å²) in [5, 5.41) is 15.3. The molecule has 1 aliphatic heterocycles. The van der Waals surface area contributed by atoms with Crippen molar-refractivity contribution in [3.8, 4) is 11.5 Å². The van der Waals surface area contributed by atoms with Gasteiger partial charge in [0.1, 0.15) is 0 Å². The predicted molar refractivity (Wildman–Crippen MR) is 122 cm³/mol. The van der Waals surface area contributed by atoms with Gasteiger partial charge in [-0.3, -0.25) is 4.79 Å². The van der Waals surface area contributed by atoms with Crippen LogP contribution in [-0.2, 0) is 4.79 Å². The number of amides is 1. The molecule has 1 N–H and O–H groups in total. The molecule has 0 bridgehead atoms. The van der Waals surface area contributed by atoms with Crippen LogP contribution in [0, 0.1) is 11.8 Å². The molecule has 0 aromatic heterocycles. The van der Waals surface area contributed by atoms with Gasteiger partial charge in [0, 0.05) is 11.5 Å². The molecule has 0 fully saturated rings. The minimum absolute atomic E-state index is 0.0329. The highest BCUT2D eigenvalue weighted by atomic mass is 16.5. The maximum atomic E-state index is 13.3. The highest BCUT2D eigenvalue weighted by molar-refractivity contribution is 6.11. The zero-order valence-corrected chi connectivity index (χ0v) is 18.2. The molecule has 2 atom stereocenters. The van der Waals surface area contributed by atoms with E-state index in [1.165, 1.54) is 17.1 Å². The molecule has 1 heterocycles. The smallest absolute Gasteiger partial charge is 0.335 e. The van der Waals surface area contributed by atoms with Gasteiger partial charge < -0.3 is 14.6 Å². The highest BCUT2D eigenvalue weighted by Gasteiger charge is 2.40. The third kappa shape index (κ3) is 4.10. The summed E-state index contributed by atoms with van der Waals surface area (Å²) < 4.78 is 11.5. The molecule has 1 aliphatic carbocycles. The van der Waals surface area contributed by atoms with Crippen molar-refractivity contribution in [2.75, 3.05) is 18.2 Å². The molecule has 0 unspecified atom stereocenters. The lowest BCUT2D eigenvalue weighted by molar-refractivity contribution is -0.123. The van der Waals surface area contributed by atoms with E-state index in [1.807, 2.05) is 38.1 Å². The summed E-state index contributed by atoms with van der Waals surface area (Å²) in [6.45, 7) is 4.88. The number of carbonyl (C=O) groups excluding carboxylic acids is 1. The summed E-state index contributed by atoms with van der Waals surface area (Å²) in [5.41, 5.74) is 2.39. The molecular weight excluding hydrogens is 408 g/mol. The number of hydrogen-bond acceptors (Lipinski definition) is 5. The predicted octanol–water partition coefficient (Wildman–Crippen LogP) is 4.52. The summed E-state index contributed by atoms with van der Waals surface area (Å²) in [6.07, 6.45) is 5.51. The fourth-order valence-electron chi connectivity index (χ4n) is 4.19. The summed E-state index contributed by atoms with van der Waals surface area (Å²) >= 11 is 0. The molecule has 32 heavy (non-hydrogen) atoms. The number of aromatic carboxylic acids is 1. The lowest BCUT2D eigenvalue weighted by Crippen LogP contribution is -2.45. The van der Waals surface area contributed by atoms with Crippen molar-refractivity contribution in [3.63, 3.8) is 0 Å². The Hall–Kier alpha value is -3.61. The number of fused-ring (bicyclic) bond motifs is 1. The molecule has 0 spiro atoms. The van der Waals surface area contributed by atoms with E-state index in [0.717, 1.165) is 17.7 Å². The number of nitrogens with zero attached hydrogens (tertiary/aromatic N) is 2. The lowest BCUT2D eigenvalue weighted by Gasteiger charge is -2.37. The molecule has 166 valence electrons. The molecule has 0 saturated heterocycles. The molecule has 2 aromatic rings. The van der Waals surface area contributed by atoms with Gasteiger partial charge in [-0.2, -0.15) is 5.10 Å². The zero-order chi connectivity index (χ0) is 22.7. The quantitative estimate of drug-likeness (QED) is 0.648. The average molecular weight is 434 g/mol. The lowest BCUT2D eigenvalue weighted by atomic mass is 9.76. The van der Waals surface area contributed by atoms with Gasteiger partial charge in [-0.1, -0.05) is 12.2 Å². The number of ether oxygens (including phenoxy) is 2. The first-order valence-corrected chi connectivity index (χ1v) is 10.8. The number of allylic oxidation sites excluding steroid dienone is 2. The van der Waals surface area contributed by atoms with Crippen LogP contribution in [0.3, 0.4) is 0 Å². The second kappa shape index (κ2) is 9.26. The van der Waals surface area contributed by atoms with Crippen molar-refractivity contribution >= 4 is 23.3 Å². The number of benzene rings is 2. The molecular formula is C25H26N2O5. The molecule has 7 nitrogen and oxygen atoms in total. The minimum Gasteiger partial charge on any atom is -0.490 e. The van der Waals surface area contributed by atoms with Crippen molar-refractivity contribution in [2.24, 2.45) is 16.9 Å². The van der Waals surface area contributed by atoms with Crippen molar-refractivity contribution in [1.29, 1.82) is 0 Å². The Morgan fingerprint density at radius 1 is 1.00 bits per heavy atom. The van der Waals surface area contributed by atoms with Gasteiger partial charge in [0.05, 0.1) is 36.1 Å². The van der Waals surface area contributed by atoms with Crippen LogP contribution in [-0.4, -0.2) is 35.9 Å². The maximum Gasteiger partial charge on any atom is 0.335 e. The summed E-state index contributed by atoms with van der Waals surface area (Å²) in [4.78, 5) is 24.5. The van der Waals surface area contributed by atoms with Gasteiger partial charge in [-0.15, -0.1) is 0 Å². The molecule has 4 rings (SSSR count). The SMILES string of the molecule is CCOc1ccc(C2=NN(c3ccc(C(=O)O)cc3)C(=O)[C@@H]3CC=CC[C@H]23)cc1OCC. The van der Waals surface area contributed by atoms with E-state index in [9.17, 15) is 14.7 Å². The number of anilines is 1. The second-order valence-electron chi connectivity index (χ2n) is 7.67. The number of carboxylic acids is 1. The highest BCUT2D eigenvalue weighted by Crippen LogP contribution is 2.38. The van der Waals surface area contributed by atoms with Crippen LogP contribution in [0.2, 0.25) is 0 Å². The normalized spacial score (nSPS) is 19.9. The van der Waals surface area contributed by atoms with E-state index in [0.29, 0.717) is 36.8 Å². The van der Waals surface area contributed by atoms with Gasteiger partial charge >= 0.3 is 5.97 Å². The first-order valence-electron chi connectivity index (χ1n) is 10.8. The van der Waals surface area contributed by atoms with Gasteiger partial charge in [-0.25, -0.2) is 9.80 Å². The summed E-state index contributed by atoms with van der Waals surface area (Å²) in [7, 11) is 0. The third-order valence-corrected chi connectivity index (χ3v) is 5.72. The monoisotopic (exact) mass is 434 g/mol. The van der Waals surface area contributed by atoms with Gasteiger partial charge in [-0.05, 0) is 69.2 Å². The van der Waals surface area contributed by atoms with Gasteiger partial charge in [0.15, 0.2) is 11.5 Å². The Labute approximate surface area is 187 Å². The third-order valence-electron chi connectivity index (χ3n) is 5.72. The van der Waals surface area contributed by atoms with E-state index in [1.54, 1.807) is 12.1 Å². The number of hydrazone groups is 1.